The van der Waals surface area contributed by atoms with Gasteiger partial charge in [0.25, 0.3) is 0 Å². The number of benzene rings is 3. The van der Waals surface area contributed by atoms with Gasteiger partial charge in [-0.05, 0) is 34.4 Å². The van der Waals surface area contributed by atoms with Crippen LogP contribution in [0.4, 0.5) is 11.4 Å². The lowest BCUT2D eigenvalue weighted by atomic mass is 9.85. The fourth-order valence-electron chi connectivity index (χ4n) is 6.09. The molecule has 0 unspecified atom stereocenters. The van der Waals surface area contributed by atoms with E-state index in [9.17, 15) is 24.5 Å². The number of esters is 1. The summed E-state index contributed by atoms with van der Waals surface area (Å²) in [5.74, 6) is -3.45. The summed E-state index contributed by atoms with van der Waals surface area (Å²) in [7, 11) is 0. The summed E-state index contributed by atoms with van der Waals surface area (Å²) in [6.45, 7) is 1.14. The second-order valence-corrected chi connectivity index (χ2v) is 9.57. The number of allylic oxidation sites excluding steroid dienone is 3. The molecule has 1 heterocycles. The molecule has 1 aliphatic heterocycles. The summed E-state index contributed by atoms with van der Waals surface area (Å²) >= 11 is 0. The van der Waals surface area contributed by atoms with E-state index in [1.54, 1.807) is 0 Å². The van der Waals surface area contributed by atoms with Crippen LogP contribution < -0.4 is 9.64 Å². The molecule has 3 aliphatic rings. The SMILES string of the molecule is CC(=O)Oc1ccc(N2C(=O)[C@@H]3[C@H](C2=O)[C@H]2C=C[C@H]3C2=C(c2ccccc2)c2ccccc2)cc1[N+](=O)[O-]. The fraction of sp³-hybridized carbons (Fsp3) is 0.167. The van der Waals surface area contributed by atoms with Crippen LogP contribution in [-0.4, -0.2) is 22.7 Å². The van der Waals surface area contributed by atoms with Crippen molar-refractivity contribution < 1.29 is 24.0 Å². The minimum Gasteiger partial charge on any atom is -0.419 e. The Balaban J connectivity index is 1.43. The van der Waals surface area contributed by atoms with Gasteiger partial charge in [-0.25, -0.2) is 4.90 Å². The van der Waals surface area contributed by atoms with Crippen molar-refractivity contribution >= 4 is 34.7 Å². The highest BCUT2D eigenvalue weighted by molar-refractivity contribution is 6.23. The Labute approximate surface area is 218 Å². The molecule has 6 rings (SSSR count). The Morgan fingerprint density at radius 3 is 1.84 bits per heavy atom. The van der Waals surface area contributed by atoms with Gasteiger partial charge in [-0.15, -0.1) is 0 Å². The monoisotopic (exact) mass is 506 g/mol. The predicted molar refractivity (Wildman–Crippen MR) is 139 cm³/mol. The lowest BCUT2D eigenvalue weighted by Crippen LogP contribution is -2.33. The van der Waals surface area contributed by atoms with Crippen LogP contribution in [0, 0.1) is 33.8 Å². The van der Waals surface area contributed by atoms with Gasteiger partial charge < -0.3 is 4.74 Å². The van der Waals surface area contributed by atoms with Crippen molar-refractivity contribution in [3.63, 3.8) is 0 Å². The molecule has 8 nitrogen and oxygen atoms in total. The summed E-state index contributed by atoms with van der Waals surface area (Å²) in [4.78, 5) is 50.9. The van der Waals surface area contributed by atoms with Crippen LogP contribution in [0.2, 0.25) is 0 Å². The van der Waals surface area contributed by atoms with Crippen LogP contribution in [0.15, 0.2) is 96.6 Å². The Kier molecular flexibility index (Phi) is 5.52. The zero-order chi connectivity index (χ0) is 26.6. The topological polar surface area (TPSA) is 107 Å². The first-order chi connectivity index (χ1) is 18.4. The zero-order valence-electron chi connectivity index (χ0n) is 20.3. The van der Waals surface area contributed by atoms with Crippen molar-refractivity contribution in [1.82, 2.24) is 0 Å². The first-order valence-electron chi connectivity index (χ1n) is 12.2. The van der Waals surface area contributed by atoms with E-state index < -0.39 is 28.4 Å². The van der Waals surface area contributed by atoms with Crippen molar-refractivity contribution in [2.45, 2.75) is 6.92 Å². The summed E-state index contributed by atoms with van der Waals surface area (Å²) in [5, 5.41) is 11.6. The molecule has 2 bridgehead atoms. The number of hydrogen-bond acceptors (Lipinski definition) is 6. The highest BCUT2D eigenvalue weighted by atomic mass is 16.6. The van der Waals surface area contributed by atoms with Gasteiger partial charge in [-0.3, -0.25) is 24.5 Å². The third-order valence-corrected chi connectivity index (χ3v) is 7.48. The molecule has 0 N–H and O–H groups in total. The second-order valence-electron chi connectivity index (χ2n) is 9.57. The van der Waals surface area contributed by atoms with E-state index in [2.05, 4.69) is 0 Å². The number of carbonyl (C=O) groups excluding carboxylic acids is 3. The number of rotatable bonds is 5. The van der Waals surface area contributed by atoms with Gasteiger partial charge in [-0.1, -0.05) is 72.8 Å². The Morgan fingerprint density at radius 1 is 0.842 bits per heavy atom. The number of amides is 2. The molecule has 188 valence electrons. The number of carbonyl (C=O) groups is 3. The maximum atomic E-state index is 13.8. The van der Waals surface area contributed by atoms with Crippen LogP contribution in [0.1, 0.15) is 18.1 Å². The molecule has 2 fully saturated rings. The van der Waals surface area contributed by atoms with E-state index in [1.165, 1.54) is 12.1 Å². The minimum absolute atomic E-state index is 0.0910. The van der Waals surface area contributed by atoms with Gasteiger partial charge in [0.05, 0.1) is 22.4 Å². The molecule has 0 radical (unpaired) electrons. The van der Waals surface area contributed by atoms with Crippen molar-refractivity contribution in [2.24, 2.45) is 23.7 Å². The van der Waals surface area contributed by atoms with E-state index in [-0.39, 0.29) is 35.1 Å². The quantitative estimate of drug-likeness (QED) is 0.121. The number of anilines is 1. The van der Waals surface area contributed by atoms with Crippen molar-refractivity contribution in [2.75, 3.05) is 4.90 Å². The number of ether oxygens (including phenoxy) is 1. The first kappa shape index (κ1) is 23.5. The number of hydrogen-bond donors (Lipinski definition) is 0. The maximum absolute atomic E-state index is 13.8. The van der Waals surface area contributed by atoms with Crippen LogP contribution in [0.3, 0.4) is 0 Å². The third kappa shape index (κ3) is 3.56. The molecular formula is C30H22N2O6. The molecule has 38 heavy (non-hydrogen) atoms. The van der Waals surface area contributed by atoms with Gasteiger partial charge in [0.15, 0.2) is 0 Å². The zero-order valence-corrected chi connectivity index (χ0v) is 20.3. The summed E-state index contributed by atoms with van der Waals surface area (Å²) in [5.41, 5.74) is 3.70. The molecular weight excluding hydrogens is 484 g/mol. The largest absolute Gasteiger partial charge is 0.419 e. The fourth-order valence-corrected chi connectivity index (χ4v) is 6.09. The summed E-state index contributed by atoms with van der Waals surface area (Å²) < 4.78 is 4.94. The molecule has 0 aromatic heterocycles. The Bertz CT molecular complexity index is 1480. The number of nitrogens with zero attached hydrogens (tertiary/aromatic N) is 2. The molecule has 1 saturated carbocycles. The van der Waals surface area contributed by atoms with E-state index in [1.807, 2.05) is 72.8 Å². The van der Waals surface area contributed by atoms with Gasteiger partial charge in [0.2, 0.25) is 17.6 Å². The van der Waals surface area contributed by atoms with Gasteiger partial charge in [0.1, 0.15) is 0 Å². The van der Waals surface area contributed by atoms with Crippen molar-refractivity contribution in [3.05, 3.63) is 118 Å². The van der Waals surface area contributed by atoms with Gasteiger partial charge >= 0.3 is 11.7 Å². The normalized spacial score (nSPS) is 23.1. The van der Waals surface area contributed by atoms with Crippen LogP contribution in [0.5, 0.6) is 5.75 Å². The molecule has 0 spiro atoms. The predicted octanol–water partition coefficient (Wildman–Crippen LogP) is 4.94. The Hall–Kier alpha value is -4.85. The van der Waals surface area contributed by atoms with Gasteiger partial charge in [-0.2, -0.15) is 0 Å². The highest BCUT2D eigenvalue weighted by Crippen LogP contribution is 2.59. The van der Waals surface area contributed by atoms with Crippen LogP contribution >= 0.6 is 0 Å². The molecule has 3 aromatic rings. The number of nitro groups is 1. The Morgan fingerprint density at radius 2 is 1.37 bits per heavy atom. The summed E-state index contributed by atoms with van der Waals surface area (Å²) in [6, 6.07) is 23.6. The molecule has 3 aromatic carbocycles. The lowest BCUT2D eigenvalue weighted by molar-refractivity contribution is -0.385. The summed E-state index contributed by atoms with van der Waals surface area (Å²) in [6.07, 6.45) is 4.02. The highest BCUT2D eigenvalue weighted by Gasteiger charge is 2.62. The van der Waals surface area contributed by atoms with E-state index in [4.69, 9.17) is 4.74 Å². The van der Waals surface area contributed by atoms with Crippen molar-refractivity contribution in [1.29, 1.82) is 0 Å². The lowest BCUT2D eigenvalue weighted by Gasteiger charge is -2.21. The minimum atomic E-state index is -0.710. The average Bonchev–Trinajstić information content (AvgIpc) is 3.54. The molecule has 2 amide bonds. The van der Waals surface area contributed by atoms with E-state index in [0.29, 0.717) is 0 Å². The van der Waals surface area contributed by atoms with E-state index >= 15 is 0 Å². The number of imide groups is 1. The molecule has 1 saturated heterocycles. The molecule has 8 heteroatoms. The molecule has 2 aliphatic carbocycles. The molecule has 4 atom stereocenters. The first-order valence-corrected chi connectivity index (χ1v) is 12.2. The average molecular weight is 507 g/mol. The van der Waals surface area contributed by atoms with Crippen LogP contribution in [0.25, 0.3) is 5.57 Å². The van der Waals surface area contributed by atoms with Crippen LogP contribution in [-0.2, 0) is 14.4 Å². The third-order valence-electron chi connectivity index (χ3n) is 7.48. The number of nitro benzene ring substituents is 1. The second kappa shape index (κ2) is 8.92. The standard InChI is InChI=1S/C30H22N2O6/c1-17(33)38-24-15-12-20(16-23(24)32(36)37)31-29(34)27-21-13-14-22(28(27)30(31)35)26(21)25(18-8-4-2-5-9-18)19-10-6-3-7-11-19/h2-16,21-22,27-28H,1H3/t21-,22-,27-,28+/m0/s1. The van der Waals surface area contributed by atoms with E-state index in [0.717, 1.165) is 40.2 Å². The van der Waals surface area contributed by atoms with Gasteiger partial charge in [0, 0.05) is 24.8 Å². The smallest absolute Gasteiger partial charge is 0.313 e. The maximum Gasteiger partial charge on any atom is 0.313 e. The van der Waals surface area contributed by atoms with Crippen molar-refractivity contribution in [3.8, 4) is 5.75 Å². The number of fused-ring (bicyclic) bond motifs is 5.